The number of imidazole rings is 2. The second kappa shape index (κ2) is 16.2. The van der Waals surface area contributed by atoms with Crippen molar-refractivity contribution < 1.29 is 33.7 Å². The van der Waals surface area contributed by atoms with Gasteiger partial charge in [-0.05, 0) is 51.5 Å². The van der Waals surface area contributed by atoms with Crippen LogP contribution in [0.1, 0.15) is 47.9 Å². The van der Waals surface area contributed by atoms with Crippen LogP contribution in [-0.2, 0) is 17.8 Å². The van der Waals surface area contributed by atoms with Gasteiger partial charge in [0.05, 0.1) is 23.7 Å². The molecule has 1 aliphatic rings. The first-order valence-corrected chi connectivity index (χ1v) is 15.2. The molecule has 0 spiro atoms. The fourth-order valence-corrected chi connectivity index (χ4v) is 5.43. The topological polar surface area (TPSA) is 216 Å². The molecule has 5 rings (SSSR count). The van der Waals surface area contributed by atoms with Crippen LogP contribution in [-0.4, -0.2) is 79.5 Å². The number of ether oxygens (including phenoxy) is 3. The van der Waals surface area contributed by atoms with Gasteiger partial charge in [-0.3, -0.25) is 4.79 Å². The van der Waals surface area contributed by atoms with Crippen LogP contribution in [0, 0.1) is 17.8 Å². The van der Waals surface area contributed by atoms with Gasteiger partial charge >= 0.3 is 12.1 Å². The molecule has 50 heavy (non-hydrogen) atoms. The molecule has 1 unspecified atom stereocenters. The standard InChI is InChI=1S/C33H38N8O7.2BrH/c1-33(2,3)48-32(45)39-12-9-19(18-39)8-7-13-47-25-16-20(28(34)42)14-22-27(25)41(31(36)37-22)11-6-5-10-40-26-23(38-30(40)35)15-21(29(43)44)17-24(26)46-4;;/h5-6,14-17,19H,9-13,18H2,1-4H3,(H2,34,42)(H2,35,38)(H2,36,37)(H,43,44);2*1H. The first-order chi connectivity index (χ1) is 22.8. The number of fused-ring (bicyclic) bond motifs is 2. The summed E-state index contributed by atoms with van der Waals surface area (Å²) in [5.41, 5.74) is 19.6. The van der Waals surface area contributed by atoms with Gasteiger partial charge in [0.15, 0.2) is 0 Å². The lowest BCUT2D eigenvalue weighted by atomic mass is 10.1. The molecule has 17 heteroatoms. The molecular weight excluding hydrogens is 780 g/mol. The summed E-state index contributed by atoms with van der Waals surface area (Å²) in [6.07, 6.45) is 4.06. The Bertz CT molecular complexity index is 2010. The van der Waals surface area contributed by atoms with Crippen molar-refractivity contribution in [3.63, 3.8) is 0 Å². The van der Waals surface area contributed by atoms with E-state index < -0.39 is 17.5 Å². The maximum Gasteiger partial charge on any atom is 0.410 e. The molecule has 15 nitrogen and oxygen atoms in total. The molecule has 1 saturated heterocycles. The number of nitrogens with two attached hydrogens (primary N) is 3. The lowest BCUT2D eigenvalue weighted by molar-refractivity contribution is 0.0291. The van der Waals surface area contributed by atoms with Gasteiger partial charge in [-0.1, -0.05) is 24.0 Å². The number of amides is 2. The second-order valence-corrected chi connectivity index (χ2v) is 12.2. The first kappa shape index (κ1) is 39.5. The van der Waals surface area contributed by atoms with E-state index in [9.17, 15) is 19.5 Å². The fraction of sp³-hybridized carbons (Fsp3) is 0.364. The third-order valence-corrected chi connectivity index (χ3v) is 7.61. The van der Waals surface area contributed by atoms with Gasteiger partial charge < -0.3 is 50.6 Å². The third-order valence-electron chi connectivity index (χ3n) is 7.61. The average Bonchev–Trinajstić information content (AvgIpc) is 3.70. The summed E-state index contributed by atoms with van der Waals surface area (Å²) in [5.74, 6) is 5.45. The van der Waals surface area contributed by atoms with E-state index in [0.717, 1.165) is 6.42 Å². The van der Waals surface area contributed by atoms with Crippen LogP contribution in [0.3, 0.4) is 0 Å². The number of aromatic nitrogens is 4. The maximum atomic E-state index is 12.4. The van der Waals surface area contributed by atoms with E-state index in [1.165, 1.54) is 25.3 Å². The number of methoxy groups -OCH3 is 1. The van der Waals surface area contributed by atoms with E-state index in [1.54, 1.807) is 20.1 Å². The van der Waals surface area contributed by atoms with Crippen LogP contribution < -0.4 is 26.7 Å². The van der Waals surface area contributed by atoms with Crippen LogP contribution in [0.15, 0.2) is 36.4 Å². The number of nitrogen functional groups attached to an aromatic ring is 2. The molecule has 2 amide bonds. The maximum absolute atomic E-state index is 12.4. The second-order valence-electron chi connectivity index (χ2n) is 12.2. The zero-order valence-electron chi connectivity index (χ0n) is 28.0. The van der Waals surface area contributed by atoms with Crippen LogP contribution in [0.4, 0.5) is 16.7 Å². The van der Waals surface area contributed by atoms with E-state index in [-0.39, 0.29) is 82.1 Å². The summed E-state index contributed by atoms with van der Waals surface area (Å²) in [4.78, 5) is 46.3. The molecule has 7 N–H and O–H groups in total. The predicted octanol–water partition coefficient (Wildman–Crippen LogP) is 4.41. The zero-order valence-corrected chi connectivity index (χ0v) is 31.4. The van der Waals surface area contributed by atoms with Crippen LogP contribution in [0.25, 0.3) is 22.1 Å². The quantitative estimate of drug-likeness (QED) is 0.137. The molecule has 2 aromatic carbocycles. The van der Waals surface area contributed by atoms with Crippen molar-refractivity contribution in [1.82, 2.24) is 24.0 Å². The van der Waals surface area contributed by atoms with Gasteiger partial charge in [-0.25, -0.2) is 19.6 Å². The Kier molecular flexibility index (Phi) is 12.8. The number of likely N-dealkylation sites (tertiary alicyclic amines) is 1. The summed E-state index contributed by atoms with van der Waals surface area (Å²) in [6, 6.07) is 5.94. The number of anilines is 2. The Balaban J connectivity index is 0.00000338. The largest absolute Gasteiger partial charge is 0.494 e. The molecule has 0 aliphatic carbocycles. The molecule has 1 atom stereocenters. The number of hydrogen-bond donors (Lipinski definition) is 4. The number of carboxylic acids is 1. The number of carbonyl (C=O) groups is 3. The van der Waals surface area contributed by atoms with Crippen molar-refractivity contribution in [2.75, 3.05) is 38.3 Å². The molecular formula is C33H40Br2N8O7. The molecule has 2 aromatic heterocycles. The minimum Gasteiger partial charge on any atom is -0.494 e. The molecule has 4 aromatic rings. The number of halogens is 2. The Morgan fingerprint density at radius 2 is 1.52 bits per heavy atom. The predicted molar refractivity (Wildman–Crippen MR) is 199 cm³/mol. The van der Waals surface area contributed by atoms with E-state index >= 15 is 0 Å². The van der Waals surface area contributed by atoms with Crippen molar-refractivity contribution in [1.29, 1.82) is 0 Å². The monoisotopic (exact) mass is 818 g/mol. The number of carbonyl (C=O) groups excluding carboxylic acids is 2. The van der Waals surface area contributed by atoms with E-state index in [1.807, 2.05) is 32.9 Å². The Morgan fingerprint density at radius 3 is 2.06 bits per heavy atom. The molecule has 268 valence electrons. The van der Waals surface area contributed by atoms with E-state index in [2.05, 4.69) is 21.8 Å². The summed E-state index contributed by atoms with van der Waals surface area (Å²) < 4.78 is 20.3. The van der Waals surface area contributed by atoms with Crippen molar-refractivity contribution in [2.45, 2.75) is 45.9 Å². The van der Waals surface area contributed by atoms with Crippen LogP contribution in [0.2, 0.25) is 0 Å². The molecule has 0 radical (unpaired) electrons. The number of hydrogen-bond acceptors (Lipinski definition) is 10. The highest BCUT2D eigenvalue weighted by Gasteiger charge is 2.29. The van der Waals surface area contributed by atoms with Gasteiger partial charge in [-0.2, -0.15) is 0 Å². The van der Waals surface area contributed by atoms with E-state index in [4.69, 9.17) is 31.4 Å². The number of allylic oxidation sites excluding steroid dienone is 2. The van der Waals surface area contributed by atoms with Crippen LogP contribution >= 0.6 is 34.0 Å². The zero-order chi connectivity index (χ0) is 34.7. The fourth-order valence-electron chi connectivity index (χ4n) is 5.43. The summed E-state index contributed by atoms with van der Waals surface area (Å²) >= 11 is 0. The van der Waals surface area contributed by atoms with Crippen molar-refractivity contribution in [3.8, 4) is 23.3 Å². The Labute approximate surface area is 309 Å². The highest BCUT2D eigenvalue weighted by molar-refractivity contribution is 8.93. The number of primary amides is 1. The van der Waals surface area contributed by atoms with Gasteiger partial charge in [0, 0.05) is 37.7 Å². The SMILES string of the molecule is Br.Br.COc1cc(C(=O)O)cc2nc(N)n(CC=CCn3c(N)nc4cc(C(N)=O)cc(OCC#CC5CCN(C(=O)OC(C)(C)C)C5)c43)c12. The Morgan fingerprint density at radius 1 is 0.960 bits per heavy atom. The number of carboxylic acid groups (broad SMARTS) is 1. The number of rotatable bonds is 9. The van der Waals surface area contributed by atoms with Gasteiger partial charge in [0.25, 0.3) is 0 Å². The summed E-state index contributed by atoms with van der Waals surface area (Å²) in [5, 5.41) is 9.42. The van der Waals surface area contributed by atoms with Gasteiger partial charge in [0.1, 0.15) is 34.7 Å². The van der Waals surface area contributed by atoms with Gasteiger partial charge in [-0.15, -0.1) is 34.0 Å². The minimum atomic E-state index is -1.10. The van der Waals surface area contributed by atoms with Crippen LogP contribution in [0.5, 0.6) is 11.5 Å². The van der Waals surface area contributed by atoms with Crippen molar-refractivity contribution in [2.24, 2.45) is 11.7 Å². The Hall–Kier alpha value is -4.95. The summed E-state index contributed by atoms with van der Waals surface area (Å²) in [6.45, 7) is 7.11. The molecule has 0 bridgehead atoms. The number of nitrogens with zero attached hydrogens (tertiary/aromatic N) is 5. The van der Waals surface area contributed by atoms with E-state index in [0.29, 0.717) is 53.2 Å². The van der Waals surface area contributed by atoms with Crippen molar-refractivity contribution in [3.05, 3.63) is 47.5 Å². The summed E-state index contributed by atoms with van der Waals surface area (Å²) in [7, 11) is 1.44. The highest BCUT2D eigenvalue weighted by atomic mass is 79.9. The molecule has 3 heterocycles. The normalized spacial score (nSPS) is 14.2. The molecule has 1 aliphatic heterocycles. The average molecular weight is 821 g/mol. The number of benzene rings is 2. The lowest BCUT2D eigenvalue weighted by Crippen LogP contribution is -2.35. The third kappa shape index (κ3) is 8.79. The molecule has 1 fully saturated rings. The first-order valence-electron chi connectivity index (χ1n) is 15.2. The lowest BCUT2D eigenvalue weighted by Gasteiger charge is -2.24. The highest BCUT2D eigenvalue weighted by Crippen LogP contribution is 2.31. The minimum absolute atomic E-state index is 0. The number of aromatic carboxylic acids is 1. The smallest absolute Gasteiger partial charge is 0.410 e. The molecule has 0 saturated carbocycles. The van der Waals surface area contributed by atoms with Crippen molar-refractivity contribution >= 4 is 85.9 Å². The van der Waals surface area contributed by atoms with Gasteiger partial charge in [0.2, 0.25) is 17.8 Å².